The van der Waals surface area contributed by atoms with Gasteiger partial charge in [-0.1, -0.05) is 0 Å². The first-order valence-electron chi connectivity index (χ1n) is 4.73. The molecule has 88 valence electrons. The molecular weight excluding hydrogens is 212 g/mol. The fraction of sp³-hybridized carbons (Fsp3) is 0.364. The number of ether oxygens (including phenoxy) is 2. The minimum Gasteiger partial charge on any atom is -0.504 e. The van der Waals surface area contributed by atoms with E-state index in [9.17, 15) is 9.90 Å². The van der Waals surface area contributed by atoms with Gasteiger partial charge in [0.1, 0.15) is 0 Å². The predicted octanol–water partition coefficient (Wildman–Crippen LogP) is 0.722. The van der Waals surface area contributed by atoms with Gasteiger partial charge in [0.2, 0.25) is 0 Å². The van der Waals surface area contributed by atoms with E-state index in [4.69, 9.17) is 9.84 Å². The molecule has 0 saturated heterocycles. The van der Waals surface area contributed by atoms with E-state index in [1.165, 1.54) is 26.4 Å². The quantitative estimate of drug-likeness (QED) is 0.740. The third kappa shape index (κ3) is 2.25. The average Bonchev–Trinajstić information content (AvgIpc) is 2.31. The largest absolute Gasteiger partial charge is 0.504 e. The Morgan fingerprint density at radius 3 is 2.56 bits per heavy atom. The second-order valence-corrected chi connectivity index (χ2v) is 3.11. The molecule has 0 aliphatic carbocycles. The van der Waals surface area contributed by atoms with Gasteiger partial charge in [0, 0.05) is 18.6 Å². The van der Waals surface area contributed by atoms with E-state index in [2.05, 4.69) is 4.74 Å². The summed E-state index contributed by atoms with van der Waals surface area (Å²) in [5.41, 5.74) is 0.559. The standard InChI is InChI=1S/C11H14O5/c1-15-9-4-3-8(11(14)16-2)7(5-6-12)10(9)13/h3-4,12-13H,5-6H2,1-2H3. The van der Waals surface area contributed by atoms with Crippen LogP contribution in [0.3, 0.4) is 0 Å². The topological polar surface area (TPSA) is 76.0 Å². The molecule has 0 aliphatic rings. The Kier molecular flexibility index (Phi) is 4.13. The Morgan fingerprint density at radius 2 is 2.06 bits per heavy atom. The second kappa shape index (κ2) is 5.37. The number of hydrogen-bond acceptors (Lipinski definition) is 5. The van der Waals surface area contributed by atoms with Crippen molar-refractivity contribution in [1.82, 2.24) is 0 Å². The lowest BCUT2D eigenvalue weighted by Gasteiger charge is -2.11. The van der Waals surface area contributed by atoms with Crippen molar-refractivity contribution in [3.8, 4) is 11.5 Å². The number of methoxy groups -OCH3 is 2. The van der Waals surface area contributed by atoms with Gasteiger partial charge in [0.05, 0.1) is 19.8 Å². The number of rotatable bonds is 4. The number of benzene rings is 1. The number of esters is 1. The molecule has 0 radical (unpaired) electrons. The van der Waals surface area contributed by atoms with E-state index in [-0.39, 0.29) is 30.1 Å². The van der Waals surface area contributed by atoms with Crippen LogP contribution in [0.15, 0.2) is 12.1 Å². The summed E-state index contributed by atoms with van der Waals surface area (Å²) < 4.78 is 9.50. The highest BCUT2D eigenvalue weighted by molar-refractivity contribution is 5.92. The van der Waals surface area contributed by atoms with Crippen molar-refractivity contribution in [1.29, 1.82) is 0 Å². The summed E-state index contributed by atoms with van der Waals surface area (Å²) in [6.45, 7) is -0.176. The molecule has 1 rings (SSSR count). The highest BCUT2D eigenvalue weighted by atomic mass is 16.5. The summed E-state index contributed by atoms with van der Waals surface area (Å²) in [6.07, 6.45) is 0.160. The Bertz CT molecular complexity index is 386. The molecule has 1 aromatic carbocycles. The summed E-state index contributed by atoms with van der Waals surface area (Å²) in [6, 6.07) is 2.97. The van der Waals surface area contributed by atoms with E-state index >= 15 is 0 Å². The lowest BCUT2D eigenvalue weighted by atomic mass is 10.0. The van der Waals surface area contributed by atoms with Crippen molar-refractivity contribution in [3.63, 3.8) is 0 Å². The number of aliphatic hydroxyl groups is 1. The molecule has 0 spiro atoms. The van der Waals surface area contributed by atoms with Gasteiger partial charge in [0.15, 0.2) is 11.5 Å². The number of phenols is 1. The first kappa shape index (κ1) is 12.3. The number of aliphatic hydroxyl groups excluding tert-OH is 1. The molecule has 2 N–H and O–H groups in total. The van der Waals surface area contributed by atoms with E-state index in [1.807, 2.05) is 0 Å². The summed E-state index contributed by atoms with van der Waals surface area (Å²) in [7, 11) is 2.67. The molecule has 0 aliphatic heterocycles. The van der Waals surface area contributed by atoms with Gasteiger partial charge in [0.25, 0.3) is 0 Å². The molecule has 1 aromatic rings. The van der Waals surface area contributed by atoms with Crippen LogP contribution in [0.5, 0.6) is 11.5 Å². The van der Waals surface area contributed by atoms with Gasteiger partial charge < -0.3 is 19.7 Å². The average molecular weight is 226 g/mol. The third-order valence-electron chi connectivity index (χ3n) is 2.23. The molecule has 0 unspecified atom stereocenters. The van der Waals surface area contributed by atoms with Crippen molar-refractivity contribution < 1.29 is 24.5 Å². The first-order valence-corrected chi connectivity index (χ1v) is 4.73. The number of aromatic hydroxyl groups is 1. The van der Waals surface area contributed by atoms with Crippen LogP contribution in [0.25, 0.3) is 0 Å². The monoisotopic (exact) mass is 226 g/mol. The molecule has 0 atom stereocenters. The van der Waals surface area contributed by atoms with Crippen LogP contribution in [0.2, 0.25) is 0 Å². The highest BCUT2D eigenvalue weighted by Crippen LogP contribution is 2.32. The summed E-state index contributed by atoms with van der Waals surface area (Å²) in [4.78, 5) is 11.4. The van der Waals surface area contributed by atoms with Crippen LogP contribution < -0.4 is 4.74 Å². The second-order valence-electron chi connectivity index (χ2n) is 3.11. The van der Waals surface area contributed by atoms with Crippen molar-refractivity contribution in [2.24, 2.45) is 0 Å². The van der Waals surface area contributed by atoms with Gasteiger partial charge in [-0.15, -0.1) is 0 Å². The third-order valence-corrected chi connectivity index (χ3v) is 2.23. The fourth-order valence-electron chi connectivity index (χ4n) is 1.45. The SMILES string of the molecule is COC(=O)c1ccc(OC)c(O)c1CCO. The van der Waals surface area contributed by atoms with Gasteiger partial charge >= 0.3 is 5.97 Å². The summed E-state index contributed by atoms with van der Waals surface area (Å²) >= 11 is 0. The minimum absolute atomic E-state index is 0.139. The summed E-state index contributed by atoms with van der Waals surface area (Å²) in [5, 5.41) is 18.7. The maximum absolute atomic E-state index is 11.4. The first-order chi connectivity index (χ1) is 7.65. The van der Waals surface area contributed by atoms with Crippen LogP contribution in [0.1, 0.15) is 15.9 Å². The van der Waals surface area contributed by atoms with Crippen molar-refractivity contribution in [3.05, 3.63) is 23.3 Å². The number of hydrogen-bond donors (Lipinski definition) is 2. The molecule has 0 bridgehead atoms. The van der Waals surface area contributed by atoms with Gasteiger partial charge in [-0.2, -0.15) is 0 Å². The predicted molar refractivity (Wildman–Crippen MR) is 56.8 cm³/mol. The van der Waals surface area contributed by atoms with Gasteiger partial charge in [-0.25, -0.2) is 4.79 Å². The van der Waals surface area contributed by atoms with Gasteiger partial charge in [-0.05, 0) is 12.1 Å². The Balaban J connectivity index is 3.28. The fourth-order valence-corrected chi connectivity index (χ4v) is 1.45. The number of carbonyl (C=O) groups excluding carboxylic acids is 1. The lowest BCUT2D eigenvalue weighted by Crippen LogP contribution is -2.08. The van der Waals surface area contributed by atoms with E-state index in [0.717, 1.165) is 0 Å². The van der Waals surface area contributed by atoms with Crippen molar-refractivity contribution in [2.45, 2.75) is 6.42 Å². The summed E-state index contributed by atoms with van der Waals surface area (Å²) in [5.74, 6) is -0.433. The van der Waals surface area contributed by atoms with Crippen molar-refractivity contribution >= 4 is 5.97 Å². The molecule has 5 heteroatoms. The molecule has 0 fully saturated rings. The maximum atomic E-state index is 11.4. The molecule has 0 saturated carbocycles. The lowest BCUT2D eigenvalue weighted by molar-refractivity contribution is 0.0598. The van der Waals surface area contributed by atoms with Crippen LogP contribution in [0, 0.1) is 0 Å². The molecule has 16 heavy (non-hydrogen) atoms. The molecular formula is C11H14O5. The molecule has 0 heterocycles. The van der Waals surface area contributed by atoms with E-state index < -0.39 is 5.97 Å². The van der Waals surface area contributed by atoms with E-state index in [1.54, 1.807) is 0 Å². The Morgan fingerprint density at radius 1 is 1.38 bits per heavy atom. The van der Waals surface area contributed by atoms with Crippen LogP contribution in [-0.2, 0) is 11.2 Å². The zero-order chi connectivity index (χ0) is 12.1. The minimum atomic E-state index is -0.554. The molecule has 5 nitrogen and oxygen atoms in total. The van der Waals surface area contributed by atoms with Crippen LogP contribution in [0.4, 0.5) is 0 Å². The van der Waals surface area contributed by atoms with Crippen LogP contribution in [-0.4, -0.2) is 37.0 Å². The van der Waals surface area contributed by atoms with Gasteiger partial charge in [-0.3, -0.25) is 0 Å². The van der Waals surface area contributed by atoms with Crippen LogP contribution >= 0.6 is 0 Å². The number of carbonyl (C=O) groups is 1. The normalized spacial score (nSPS) is 9.94. The van der Waals surface area contributed by atoms with E-state index in [0.29, 0.717) is 5.56 Å². The highest BCUT2D eigenvalue weighted by Gasteiger charge is 2.18. The maximum Gasteiger partial charge on any atom is 0.338 e. The molecule has 0 aromatic heterocycles. The Hall–Kier alpha value is -1.75. The Labute approximate surface area is 93.2 Å². The smallest absolute Gasteiger partial charge is 0.338 e. The zero-order valence-corrected chi connectivity index (χ0v) is 9.19. The number of phenolic OH excluding ortho intramolecular Hbond substituents is 1. The zero-order valence-electron chi connectivity index (χ0n) is 9.19. The van der Waals surface area contributed by atoms with Crippen molar-refractivity contribution in [2.75, 3.05) is 20.8 Å². The molecule has 0 amide bonds.